The van der Waals surface area contributed by atoms with Crippen LogP contribution in [0.4, 0.5) is 0 Å². The van der Waals surface area contributed by atoms with Crippen LogP contribution in [-0.2, 0) is 12.8 Å². The quantitative estimate of drug-likeness (QED) is 0.140. The molecule has 1 aliphatic heterocycles. The van der Waals surface area contributed by atoms with Crippen molar-refractivity contribution in [2.45, 2.75) is 130 Å². The van der Waals surface area contributed by atoms with Crippen molar-refractivity contribution >= 4 is 11.4 Å². The van der Waals surface area contributed by atoms with Crippen molar-refractivity contribution in [3.8, 4) is 0 Å². The minimum absolute atomic E-state index is 1.00. The summed E-state index contributed by atoms with van der Waals surface area (Å²) in [6.45, 7) is 9.01. The number of allylic oxidation sites excluding steroid dienone is 2. The van der Waals surface area contributed by atoms with Gasteiger partial charge in [-0.3, -0.25) is 0 Å². The van der Waals surface area contributed by atoms with Gasteiger partial charge in [-0.25, -0.2) is 4.70 Å². The Hall–Kier alpha value is -2.48. The zero-order valence-corrected chi connectivity index (χ0v) is 24.8. The maximum atomic E-state index is 11.8. The normalized spacial score (nSPS) is 13.7. The van der Waals surface area contributed by atoms with Gasteiger partial charge >= 0.3 is 0 Å². The molecule has 0 unspecified atom stereocenters. The topological polar surface area (TPSA) is 25.3 Å². The van der Waals surface area contributed by atoms with Crippen LogP contribution >= 0.6 is 0 Å². The Labute approximate surface area is 233 Å². The zero-order valence-electron chi connectivity index (χ0n) is 24.8. The SMILES string of the molecule is CCCCCCCCc1ccc(C2=C(CCCC)C(CCCCCC)=C(c3cccc(CC)c3)[N+]2=[N-])cc1. The molecule has 2 aromatic carbocycles. The Kier molecular flexibility index (Phi) is 13.0. The Bertz CT molecular complexity index is 1070. The average Bonchev–Trinajstić information content (AvgIpc) is 3.22. The third-order valence-electron chi connectivity index (χ3n) is 8.08. The molecule has 38 heavy (non-hydrogen) atoms. The van der Waals surface area contributed by atoms with Crippen LogP contribution in [0.1, 0.15) is 140 Å². The molecule has 2 aromatic rings. The van der Waals surface area contributed by atoms with Crippen molar-refractivity contribution in [2.24, 2.45) is 0 Å². The standard InChI is InChI=1S/C36H52N2/c1-5-9-12-14-15-16-19-30-24-26-31(27-25-30)35-33(22-11-7-3)34(23-17-13-10-6-2)36(38(35)37)32-21-18-20-29(8-4)28-32/h18,20-21,24-28H,5-17,19,22-23H2,1-4H3. The molecule has 1 aliphatic rings. The zero-order chi connectivity index (χ0) is 27.2. The van der Waals surface area contributed by atoms with Gasteiger partial charge < -0.3 is 5.53 Å². The summed E-state index contributed by atoms with van der Waals surface area (Å²) in [5.41, 5.74) is 21.5. The summed E-state index contributed by atoms with van der Waals surface area (Å²) in [7, 11) is 0. The molecule has 0 amide bonds. The number of hydrogen-bond donors (Lipinski definition) is 0. The van der Waals surface area contributed by atoms with Gasteiger partial charge in [0.2, 0.25) is 11.4 Å². The average molecular weight is 513 g/mol. The first-order valence-corrected chi connectivity index (χ1v) is 15.8. The molecule has 0 saturated heterocycles. The molecule has 0 atom stereocenters. The second-order valence-corrected chi connectivity index (χ2v) is 11.1. The monoisotopic (exact) mass is 512 g/mol. The molecule has 2 heteroatoms. The van der Waals surface area contributed by atoms with E-state index >= 15 is 0 Å². The summed E-state index contributed by atoms with van der Waals surface area (Å²) in [5.74, 6) is 0. The van der Waals surface area contributed by atoms with Crippen molar-refractivity contribution in [3.05, 3.63) is 87.5 Å². The molecule has 0 bridgehead atoms. The van der Waals surface area contributed by atoms with E-state index in [1.54, 1.807) is 0 Å². The van der Waals surface area contributed by atoms with Gasteiger partial charge in [0.15, 0.2) is 0 Å². The smallest absolute Gasteiger partial charge is 0.211 e. The molecule has 2 nitrogen and oxygen atoms in total. The van der Waals surface area contributed by atoms with Gasteiger partial charge in [-0.15, -0.1) is 0 Å². The maximum absolute atomic E-state index is 11.8. The molecular formula is C36H52N2. The lowest BCUT2D eigenvalue weighted by Gasteiger charge is -2.11. The van der Waals surface area contributed by atoms with Crippen LogP contribution < -0.4 is 0 Å². The van der Waals surface area contributed by atoms with Crippen LogP contribution in [0.15, 0.2) is 59.7 Å². The first kappa shape index (κ1) is 30.1. The van der Waals surface area contributed by atoms with E-state index in [9.17, 15) is 5.53 Å². The van der Waals surface area contributed by atoms with E-state index in [4.69, 9.17) is 0 Å². The number of unbranched alkanes of at least 4 members (excludes halogenated alkanes) is 9. The minimum Gasteiger partial charge on any atom is -0.493 e. The predicted octanol–water partition coefficient (Wildman–Crippen LogP) is 11.5. The third-order valence-corrected chi connectivity index (χ3v) is 8.08. The van der Waals surface area contributed by atoms with Gasteiger partial charge in [-0.2, -0.15) is 0 Å². The number of aryl methyl sites for hydroxylation is 2. The molecule has 1 heterocycles. The highest BCUT2D eigenvalue weighted by molar-refractivity contribution is 5.82. The molecule has 0 fully saturated rings. The van der Waals surface area contributed by atoms with Crippen LogP contribution in [0.2, 0.25) is 0 Å². The van der Waals surface area contributed by atoms with Crippen molar-refractivity contribution in [1.82, 2.24) is 0 Å². The van der Waals surface area contributed by atoms with Crippen molar-refractivity contribution < 1.29 is 4.70 Å². The van der Waals surface area contributed by atoms with Crippen molar-refractivity contribution in [1.29, 1.82) is 0 Å². The van der Waals surface area contributed by atoms with Gasteiger partial charge in [-0.1, -0.05) is 110 Å². The molecule has 0 spiro atoms. The highest BCUT2D eigenvalue weighted by Crippen LogP contribution is 2.44. The first-order chi connectivity index (χ1) is 18.6. The summed E-state index contributed by atoms with van der Waals surface area (Å²) in [5, 5.41) is 0. The Morgan fingerprint density at radius 3 is 1.74 bits per heavy atom. The van der Waals surface area contributed by atoms with Crippen LogP contribution in [0.5, 0.6) is 0 Å². The minimum atomic E-state index is 1.00. The molecule has 0 aliphatic carbocycles. The lowest BCUT2D eigenvalue weighted by molar-refractivity contribution is -0.345. The molecule has 0 saturated carbocycles. The van der Waals surface area contributed by atoms with Gasteiger partial charge in [0, 0.05) is 22.3 Å². The van der Waals surface area contributed by atoms with Crippen LogP contribution in [-0.4, -0.2) is 4.70 Å². The summed E-state index contributed by atoms with van der Waals surface area (Å²) < 4.78 is 1.54. The first-order valence-electron chi connectivity index (χ1n) is 15.8. The molecule has 206 valence electrons. The fourth-order valence-corrected chi connectivity index (χ4v) is 5.74. The largest absolute Gasteiger partial charge is 0.493 e. The Morgan fingerprint density at radius 1 is 0.526 bits per heavy atom. The number of nitrogens with zero attached hydrogens (tertiary/aromatic N) is 2. The van der Waals surface area contributed by atoms with E-state index in [1.165, 1.54) is 91.2 Å². The van der Waals surface area contributed by atoms with Gasteiger partial charge in [-0.05, 0) is 80.3 Å². The highest BCUT2D eigenvalue weighted by atomic mass is 15.2. The lowest BCUT2D eigenvalue weighted by atomic mass is 9.91. The van der Waals surface area contributed by atoms with Gasteiger partial charge in [0.05, 0.1) is 0 Å². The molecule has 0 N–H and O–H groups in total. The van der Waals surface area contributed by atoms with Gasteiger partial charge in [0.1, 0.15) is 0 Å². The molecular weight excluding hydrogens is 460 g/mol. The van der Waals surface area contributed by atoms with E-state index in [-0.39, 0.29) is 0 Å². The highest BCUT2D eigenvalue weighted by Gasteiger charge is 2.35. The molecule has 0 radical (unpaired) electrons. The van der Waals surface area contributed by atoms with E-state index < -0.39 is 0 Å². The molecule has 3 rings (SSSR count). The van der Waals surface area contributed by atoms with Crippen molar-refractivity contribution in [3.63, 3.8) is 0 Å². The van der Waals surface area contributed by atoms with E-state index in [2.05, 4.69) is 76.2 Å². The van der Waals surface area contributed by atoms with Crippen LogP contribution in [0.3, 0.4) is 0 Å². The van der Waals surface area contributed by atoms with Gasteiger partial charge in [0.25, 0.3) is 0 Å². The van der Waals surface area contributed by atoms with E-state index in [0.29, 0.717) is 0 Å². The fourth-order valence-electron chi connectivity index (χ4n) is 5.74. The van der Waals surface area contributed by atoms with Crippen LogP contribution in [0.25, 0.3) is 16.9 Å². The van der Waals surface area contributed by atoms with E-state index in [0.717, 1.165) is 61.0 Å². The van der Waals surface area contributed by atoms with Crippen molar-refractivity contribution in [2.75, 3.05) is 0 Å². The number of rotatable bonds is 18. The lowest BCUT2D eigenvalue weighted by Crippen LogP contribution is -2.03. The molecule has 0 aromatic heterocycles. The summed E-state index contributed by atoms with van der Waals surface area (Å²) in [4.78, 5) is 0. The second-order valence-electron chi connectivity index (χ2n) is 11.1. The summed E-state index contributed by atoms with van der Waals surface area (Å²) in [6, 6.07) is 17.9. The summed E-state index contributed by atoms with van der Waals surface area (Å²) >= 11 is 0. The van der Waals surface area contributed by atoms with Crippen LogP contribution in [0, 0.1) is 0 Å². The fraction of sp³-hybridized carbons (Fsp3) is 0.556. The maximum Gasteiger partial charge on any atom is 0.211 e. The number of hydrogen-bond acceptors (Lipinski definition) is 0. The second kappa shape index (κ2) is 16.5. The summed E-state index contributed by atoms with van der Waals surface area (Å²) in [6.07, 6.45) is 19.4. The predicted molar refractivity (Wildman–Crippen MR) is 165 cm³/mol. The Balaban J connectivity index is 1.90. The third kappa shape index (κ3) is 8.26. The number of benzene rings is 2. The van der Waals surface area contributed by atoms with E-state index in [1.807, 2.05) is 0 Å². The Morgan fingerprint density at radius 2 is 1.08 bits per heavy atom.